The molecule has 0 radical (unpaired) electrons. The summed E-state index contributed by atoms with van der Waals surface area (Å²) in [5.41, 5.74) is -0.448. The van der Waals surface area contributed by atoms with Crippen molar-refractivity contribution in [2.75, 3.05) is 31.5 Å². The van der Waals surface area contributed by atoms with E-state index < -0.39 is 5.60 Å². The maximum atomic E-state index is 12.2. The van der Waals surface area contributed by atoms with Crippen LogP contribution in [-0.2, 0) is 9.53 Å². The maximum absolute atomic E-state index is 12.2. The lowest BCUT2D eigenvalue weighted by atomic mass is 9.95. The highest BCUT2D eigenvalue weighted by molar-refractivity contribution is 9.09. The van der Waals surface area contributed by atoms with E-state index in [1.165, 1.54) is 0 Å². The zero-order valence-corrected chi connectivity index (χ0v) is 16.1. The number of hydrogen-bond acceptors (Lipinski definition) is 3. The lowest BCUT2D eigenvalue weighted by Gasteiger charge is -2.34. The second-order valence-electron chi connectivity index (χ2n) is 7.79. The molecule has 23 heavy (non-hydrogen) atoms. The Bertz CT molecular complexity index is 436. The molecule has 2 heterocycles. The van der Waals surface area contributed by atoms with Gasteiger partial charge in [-0.25, -0.2) is 4.79 Å². The smallest absolute Gasteiger partial charge is 0.410 e. The predicted molar refractivity (Wildman–Crippen MR) is 93.6 cm³/mol. The molecule has 2 atom stereocenters. The summed E-state index contributed by atoms with van der Waals surface area (Å²) >= 11 is 3.47. The van der Waals surface area contributed by atoms with E-state index in [1.54, 1.807) is 0 Å². The normalized spacial score (nSPS) is 25.8. The van der Waals surface area contributed by atoms with Crippen LogP contribution in [0.4, 0.5) is 4.79 Å². The lowest BCUT2D eigenvalue weighted by Crippen LogP contribution is -2.43. The fraction of sp³-hybridized carbons (Fsp3) is 0.882. The fourth-order valence-electron chi connectivity index (χ4n) is 3.30. The van der Waals surface area contributed by atoms with Crippen molar-refractivity contribution in [2.24, 2.45) is 11.8 Å². The van der Waals surface area contributed by atoms with Gasteiger partial charge in [0.1, 0.15) is 5.60 Å². The fourth-order valence-corrected chi connectivity index (χ4v) is 3.74. The van der Waals surface area contributed by atoms with E-state index in [4.69, 9.17) is 4.74 Å². The van der Waals surface area contributed by atoms with E-state index in [-0.39, 0.29) is 12.0 Å². The maximum Gasteiger partial charge on any atom is 0.410 e. The lowest BCUT2D eigenvalue weighted by molar-refractivity contribution is -0.127. The zero-order chi connectivity index (χ0) is 17.0. The van der Waals surface area contributed by atoms with E-state index in [2.05, 4.69) is 15.9 Å². The Morgan fingerprint density at radius 3 is 2.65 bits per heavy atom. The Morgan fingerprint density at radius 1 is 1.30 bits per heavy atom. The largest absolute Gasteiger partial charge is 0.444 e. The van der Waals surface area contributed by atoms with Crippen LogP contribution in [0.1, 0.15) is 46.5 Å². The molecule has 132 valence electrons. The van der Waals surface area contributed by atoms with Gasteiger partial charge >= 0.3 is 6.09 Å². The van der Waals surface area contributed by atoms with E-state index in [1.807, 2.05) is 30.6 Å². The van der Waals surface area contributed by atoms with Gasteiger partial charge in [-0.2, -0.15) is 0 Å². The molecule has 0 bridgehead atoms. The van der Waals surface area contributed by atoms with Crippen molar-refractivity contribution in [3.63, 3.8) is 0 Å². The predicted octanol–water partition coefficient (Wildman–Crippen LogP) is 3.27. The average molecular weight is 389 g/mol. The van der Waals surface area contributed by atoms with Gasteiger partial charge in [0.2, 0.25) is 5.91 Å². The minimum atomic E-state index is -0.448. The minimum Gasteiger partial charge on any atom is -0.444 e. The van der Waals surface area contributed by atoms with Gasteiger partial charge in [-0.15, -0.1) is 0 Å². The number of rotatable bonds is 4. The second kappa shape index (κ2) is 7.86. The van der Waals surface area contributed by atoms with Crippen LogP contribution in [0.2, 0.25) is 0 Å². The molecule has 2 unspecified atom stereocenters. The molecule has 2 rings (SSSR count). The molecule has 0 aliphatic carbocycles. The first kappa shape index (κ1) is 18.6. The molecule has 2 saturated heterocycles. The molecule has 2 aliphatic rings. The van der Waals surface area contributed by atoms with Crippen molar-refractivity contribution in [1.82, 2.24) is 9.80 Å². The molecule has 0 saturated carbocycles. The Morgan fingerprint density at radius 2 is 2.04 bits per heavy atom. The number of alkyl halides is 1. The Hall–Kier alpha value is -0.780. The Balaban J connectivity index is 1.78. The molecule has 0 spiro atoms. The van der Waals surface area contributed by atoms with Crippen molar-refractivity contribution in [2.45, 2.75) is 52.1 Å². The number of likely N-dealkylation sites (tertiary alicyclic amines) is 2. The van der Waals surface area contributed by atoms with Crippen molar-refractivity contribution in [3.8, 4) is 0 Å². The topological polar surface area (TPSA) is 49.9 Å². The van der Waals surface area contributed by atoms with E-state index >= 15 is 0 Å². The summed E-state index contributed by atoms with van der Waals surface area (Å²) in [6.07, 6.45) is 3.57. The zero-order valence-electron chi connectivity index (χ0n) is 14.5. The van der Waals surface area contributed by atoms with Crippen LogP contribution in [0.15, 0.2) is 0 Å². The molecule has 5 nitrogen and oxygen atoms in total. The standard InChI is InChI=1S/C17H29BrN2O3/c1-17(2,3)23-16(22)20-7-4-5-13(11-20)6-8-19-12-14(10-18)9-15(19)21/h13-14H,4-12H2,1-3H3. The third kappa shape index (κ3) is 5.66. The molecule has 2 fully saturated rings. The highest BCUT2D eigenvalue weighted by atomic mass is 79.9. The number of carbonyl (C=O) groups is 2. The SMILES string of the molecule is CC(C)(C)OC(=O)N1CCCC(CCN2CC(CBr)CC2=O)C1. The van der Waals surface area contributed by atoms with Crippen LogP contribution in [-0.4, -0.2) is 58.9 Å². The third-order valence-corrected chi connectivity index (χ3v) is 5.41. The summed E-state index contributed by atoms with van der Waals surface area (Å²) in [7, 11) is 0. The molecule has 6 heteroatoms. The molecule has 0 N–H and O–H groups in total. The van der Waals surface area contributed by atoms with Gasteiger partial charge in [0.25, 0.3) is 0 Å². The summed E-state index contributed by atoms with van der Waals surface area (Å²) in [5.74, 6) is 1.19. The van der Waals surface area contributed by atoms with E-state index in [0.717, 1.165) is 50.8 Å². The summed E-state index contributed by atoms with van der Waals surface area (Å²) in [6, 6.07) is 0. The van der Waals surface area contributed by atoms with Crippen LogP contribution in [0, 0.1) is 11.8 Å². The summed E-state index contributed by atoms with van der Waals surface area (Å²) in [5, 5.41) is 0.894. The highest BCUT2D eigenvalue weighted by Crippen LogP contribution is 2.24. The first-order valence-corrected chi connectivity index (χ1v) is 9.72. The molecular formula is C17H29BrN2O3. The van der Waals surface area contributed by atoms with E-state index in [9.17, 15) is 9.59 Å². The minimum absolute atomic E-state index is 0.209. The molecule has 2 aliphatic heterocycles. The van der Waals surface area contributed by atoms with Gasteiger partial charge in [-0.3, -0.25) is 4.79 Å². The third-order valence-electron chi connectivity index (χ3n) is 4.49. The first-order valence-electron chi connectivity index (χ1n) is 8.60. The number of amides is 2. The summed E-state index contributed by atoms with van der Waals surface area (Å²) < 4.78 is 5.47. The van der Waals surface area contributed by atoms with Crippen LogP contribution in [0.3, 0.4) is 0 Å². The van der Waals surface area contributed by atoms with Crippen molar-refractivity contribution in [1.29, 1.82) is 0 Å². The number of carbonyl (C=O) groups excluding carboxylic acids is 2. The van der Waals surface area contributed by atoms with Gasteiger partial charge in [0.05, 0.1) is 0 Å². The summed E-state index contributed by atoms with van der Waals surface area (Å²) in [4.78, 5) is 28.0. The van der Waals surface area contributed by atoms with Crippen molar-refractivity contribution < 1.29 is 14.3 Å². The van der Waals surface area contributed by atoms with Gasteiger partial charge < -0.3 is 14.5 Å². The van der Waals surface area contributed by atoms with Crippen LogP contribution < -0.4 is 0 Å². The highest BCUT2D eigenvalue weighted by Gasteiger charge is 2.31. The molecule has 0 aromatic carbocycles. The van der Waals surface area contributed by atoms with Crippen LogP contribution >= 0.6 is 15.9 Å². The number of halogens is 1. The quantitative estimate of drug-likeness (QED) is 0.694. The number of hydrogen-bond donors (Lipinski definition) is 0. The molecule has 0 aromatic heterocycles. The number of piperidine rings is 1. The van der Waals surface area contributed by atoms with Gasteiger partial charge in [-0.05, 0) is 51.9 Å². The van der Waals surface area contributed by atoms with Gasteiger partial charge in [0, 0.05) is 37.9 Å². The van der Waals surface area contributed by atoms with Gasteiger partial charge in [0.15, 0.2) is 0 Å². The number of nitrogens with zero attached hydrogens (tertiary/aromatic N) is 2. The van der Waals surface area contributed by atoms with Crippen molar-refractivity contribution in [3.05, 3.63) is 0 Å². The number of ether oxygens (including phenoxy) is 1. The van der Waals surface area contributed by atoms with Crippen LogP contribution in [0.25, 0.3) is 0 Å². The average Bonchev–Trinajstić information content (AvgIpc) is 2.84. The van der Waals surface area contributed by atoms with E-state index in [0.29, 0.717) is 18.3 Å². The summed E-state index contributed by atoms with van der Waals surface area (Å²) in [6.45, 7) is 8.89. The molecule has 2 amide bonds. The first-order chi connectivity index (χ1) is 10.8. The molecular weight excluding hydrogens is 360 g/mol. The molecule has 0 aromatic rings. The monoisotopic (exact) mass is 388 g/mol. The Labute approximate surface area is 147 Å². The van der Waals surface area contributed by atoms with Crippen LogP contribution in [0.5, 0.6) is 0 Å². The van der Waals surface area contributed by atoms with Gasteiger partial charge in [-0.1, -0.05) is 15.9 Å². The Kier molecular flexibility index (Phi) is 6.34. The van der Waals surface area contributed by atoms with Crippen molar-refractivity contribution >= 4 is 27.9 Å². The second-order valence-corrected chi connectivity index (χ2v) is 8.43.